The van der Waals surface area contributed by atoms with Crippen molar-refractivity contribution in [3.05, 3.63) is 87.7 Å². The highest BCUT2D eigenvalue weighted by molar-refractivity contribution is 7.15. The van der Waals surface area contributed by atoms with Crippen molar-refractivity contribution in [3.8, 4) is 27.6 Å². The number of aryl methyl sites for hydroxylation is 1. The first-order valence-electron chi connectivity index (χ1n) is 10.0. The Balaban J connectivity index is 1.46. The molecule has 0 saturated carbocycles. The molecule has 1 amide bonds. The summed E-state index contributed by atoms with van der Waals surface area (Å²) in [7, 11) is 1.58. The Labute approximate surface area is 189 Å². The van der Waals surface area contributed by atoms with Gasteiger partial charge in [0.25, 0.3) is 5.56 Å². The first-order chi connectivity index (χ1) is 15.5. The number of rotatable bonds is 7. The van der Waals surface area contributed by atoms with Crippen LogP contribution in [0.2, 0.25) is 0 Å². The van der Waals surface area contributed by atoms with Gasteiger partial charge >= 0.3 is 0 Å². The molecule has 0 aliphatic carbocycles. The second-order valence-electron chi connectivity index (χ2n) is 7.09. The lowest BCUT2D eigenvalue weighted by Crippen LogP contribution is -2.33. The smallest absolute Gasteiger partial charge is 0.267 e. The van der Waals surface area contributed by atoms with Crippen LogP contribution < -0.4 is 15.6 Å². The number of para-hydroxylation sites is 1. The number of amides is 1. The van der Waals surface area contributed by atoms with Gasteiger partial charge in [0.15, 0.2) is 0 Å². The Morgan fingerprint density at radius 2 is 1.81 bits per heavy atom. The molecule has 4 rings (SSSR count). The number of thiazole rings is 1. The van der Waals surface area contributed by atoms with Gasteiger partial charge in [0.2, 0.25) is 5.91 Å². The maximum absolute atomic E-state index is 12.5. The molecule has 7 nitrogen and oxygen atoms in total. The molecule has 0 aliphatic heterocycles. The van der Waals surface area contributed by atoms with E-state index in [1.807, 2.05) is 61.5 Å². The van der Waals surface area contributed by atoms with Crippen LogP contribution in [-0.4, -0.2) is 27.8 Å². The number of benzene rings is 2. The van der Waals surface area contributed by atoms with E-state index in [0.29, 0.717) is 18.0 Å². The third kappa shape index (κ3) is 4.76. The second-order valence-corrected chi connectivity index (χ2v) is 8.17. The molecular weight excluding hydrogens is 424 g/mol. The molecule has 1 N–H and O–H groups in total. The van der Waals surface area contributed by atoms with Crippen LogP contribution in [0.5, 0.6) is 5.75 Å². The van der Waals surface area contributed by atoms with E-state index in [1.165, 1.54) is 6.07 Å². The molecule has 8 heteroatoms. The number of nitrogens with zero attached hydrogens (tertiary/aromatic N) is 3. The molecule has 32 heavy (non-hydrogen) atoms. The van der Waals surface area contributed by atoms with E-state index < -0.39 is 0 Å². The molecule has 0 spiro atoms. The molecule has 0 radical (unpaired) electrons. The molecule has 162 valence electrons. The molecule has 0 bridgehead atoms. The van der Waals surface area contributed by atoms with E-state index >= 15 is 0 Å². The molecule has 2 aromatic heterocycles. The van der Waals surface area contributed by atoms with Crippen LogP contribution in [0.3, 0.4) is 0 Å². The maximum atomic E-state index is 12.5. The minimum Gasteiger partial charge on any atom is -0.496 e. The van der Waals surface area contributed by atoms with Crippen molar-refractivity contribution in [1.29, 1.82) is 0 Å². The topological polar surface area (TPSA) is 86.1 Å². The van der Waals surface area contributed by atoms with Gasteiger partial charge in [-0.25, -0.2) is 9.67 Å². The number of hydrogen-bond acceptors (Lipinski definition) is 6. The Hall–Kier alpha value is -3.78. The molecule has 2 aromatic carbocycles. The van der Waals surface area contributed by atoms with E-state index in [-0.39, 0.29) is 18.0 Å². The molecule has 4 aromatic rings. The first kappa shape index (κ1) is 21.5. The average molecular weight is 447 g/mol. The fourth-order valence-electron chi connectivity index (χ4n) is 3.23. The third-order valence-corrected chi connectivity index (χ3v) is 6.11. The number of aromatic nitrogens is 3. The van der Waals surface area contributed by atoms with Crippen LogP contribution >= 0.6 is 11.3 Å². The highest BCUT2D eigenvalue weighted by atomic mass is 32.1. The van der Waals surface area contributed by atoms with Gasteiger partial charge in [-0.15, -0.1) is 11.3 Å². The zero-order chi connectivity index (χ0) is 22.5. The van der Waals surface area contributed by atoms with Crippen LogP contribution in [0, 0.1) is 6.92 Å². The van der Waals surface area contributed by atoms with Crippen LogP contribution in [0.25, 0.3) is 21.8 Å². The van der Waals surface area contributed by atoms with E-state index in [0.717, 1.165) is 31.4 Å². The van der Waals surface area contributed by atoms with Gasteiger partial charge < -0.3 is 10.1 Å². The number of ether oxygens (including phenoxy) is 1. The van der Waals surface area contributed by atoms with Gasteiger partial charge in [-0.1, -0.05) is 42.5 Å². The number of nitrogens with one attached hydrogen (secondary N) is 1. The summed E-state index contributed by atoms with van der Waals surface area (Å²) in [5, 5.41) is 8.14. The lowest BCUT2D eigenvalue weighted by Gasteiger charge is -2.10. The molecule has 0 aliphatic rings. The predicted octanol–water partition coefficient (Wildman–Crippen LogP) is 3.67. The van der Waals surface area contributed by atoms with Crippen molar-refractivity contribution < 1.29 is 9.53 Å². The van der Waals surface area contributed by atoms with Crippen LogP contribution in [0.4, 0.5) is 0 Å². The zero-order valence-electron chi connectivity index (χ0n) is 17.7. The van der Waals surface area contributed by atoms with E-state index in [2.05, 4.69) is 15.4 Å². The summed E-state index contributed by atoms with van der Waals surface area (Å²) < 4.78 is 6.53. The van der Waals surface area contributed by atoms with Gasteiger partial charge in [-0.2, -0.15) is 5.10 Å². The van der Waals surface area contributed by atoms with E-state index in [1.54, 1.807) is 24.5 Å². The number of carbonyl (C=O) groups is 1. The van der Waals surface area contributed by atoms with Crippen molar-refractivity contribution in [2.45, 2.75) is 20.0 Å². The van der Waals surface area contributed by atoms with Gasteiger partial charge in [0, 0.05) is 22.1 Å². The Morgan fingerprint density at radius 1 is 1.06 bits per heavy atom. The zero-order valence-corrected chi connectivity index (χ0v) is 18.6. The monoisotopic (exact) mass is 446 g/mol. The van der Waals surface area contributed by atoms with Gasteiger partial charge in [-0.05, 0) is 25.1 Å². The molecule has 0 saturated heterocycles. The summed E-state index contributed by atoms with van der Waals surface area (Å²) in [5.74, 6) is 0.343. The largest absolute Gasteiger partial charge is 0.496 e. The molecular formula is C24H22N4O3S. The summed E-state index contributed by atoms with van der Waals surface area (Å²) in [6.45, 7) is 2.09. The maximum Gasteiger partial charge on any atom is 0.267 e. The fraction of sp³-hybridized carbons (Fsp3) is 0.167. The Bertz CT molecular complexity index is 1300. The fourth-order valence-corrected chi connectivity index (χ4v) is 4.24. The van der Waals surface area contributed by atoms with Crippen LogP contribution in [0.15, 0.2) is 71.5 Å². The average Bonchev–Trinajstić information content (AvgIpc) is 3.20. The summed E-state index contributed by atoms with van der Waals surface area (Å²) in [5.41, 5.74) is 2.88. The standard InChI is InChI=1S/C24H22N4O3S/c1-16-21(32-24(26-16)17-8-4-3-5-9-17)14-25-22(29)15-28-23(30)13-12-19(27-28)18-10-6-7-11-20(18)31-2/h3-13H,14-15H2,1-2H3,(H,25,29). The molecule has 0 atom stereocenters. The number of methoxy groups -OCH3 is 1. The van der Waals surface area contributed by atoms with Crippen molar-refractivity contribution in [2.75, 3.05) is 7.11 Å². The summed E-state index contributed by atoms with van der Waals surface area (Å²) in [6, 6.07) is 20.3. The molecule has 2 heterocycles. The van der Waals surface area contributed by atoms with Crippen molar-refractivity contribution in [1.82, 2.24) is 20.1 Å². The van der Waals surface area contributed by atoms with Crippen molar-refractivity contribution in [3.63, 3.8) is 0 Å². The normalized spacial score (nSPS) is 10.7. The van der Waals surface area contributed by atoms with Gasteiger partial charge in [0.1, 0.15) is 17.3 Å². The predicted molar refractivity (Wildman–Crippen MR) is 125 cm³/mol. The van der Waals surface area contributed by atoms with Gasteiger partial charge in [-0.3, -0.25) is 9.59 Å². The number of carbonyl (C=O) groups excluding carboxylic acids is 1. The second kappa shape index (κ2) is 9.57. The van der Waals surface area contributed by atoms with Crippen LogP contribution in [-0.2, 0) is 17.9 Å². The summed E-state index contributed by atoms with van der Waals surface area (Å²) >= 11 is 1.54. The molecule has 0 unspecified atom stereocenters. The Kier molecular flexibility index (Phi) is 6.42. The lowest BCUT2D eigenvalue weighted by molar-refractivity contribution is -0.122. The van der Waals surface area contributed by atoms with E-state index in [4.69, 9.17) is 4.74 Å². The highest BCUT2D eigenvalue weighted by Gasteiger charge is 2.13. The van der Waals surface area contributed by atoms with E-state index in [9.17, 15) is 9.59 Å². The minimum atomic E-state index is -0.348. The van der Waals surface area contributed by atoms with Gasteiger partial charge in [0.05, 0.1) is 25.0 Å². The van der Waals surface area contributed by atoms with Crippen molar-refractivity contribution >= 4 is 17.2 Å². The van der Waals surface area contributed by atoms with Crippen LogP contribution in [0.1, 0.15) is 10.6 Å². The van der Waals surface area contributed by atoms with Crippen molar-refractivity contribution in [2.24, 2.45) is 0 Å². The quantitative estimate of drug-likeness (QED) is 0.468. The first-order valence-corrected chi connectivity index (χ1v) is 10.9. The summed E-state index contributed by atoms with van der Waals surface area (Å²) in [6.07, 6.45) is 0. The molecule has 0 fully saturated rings. The number of hydrogen-bond donors (Lipinski definition) is 1. The SMILES string of the molecule is COc1ccccc1-c1ccc(=O)n(CC(=O)NCc2sc(-c3ccccc3)nc2C)n1. The minimum absolute atomic E-state index is 0.175. The summed E-state index contributed by atoms with van der Waals surface area (Å²) in [4.78, 5) is 30.4. The Morgan fingerprint density at radius 3 is 2.59 bits per heavy atom. The third-order valence-electron chi connectivity index (χ3n) is 4.90. The highest BCUT2D eigenvalue weighted by Crippen LogP contribution is 2.28. The lowest BCUT2D eigenvalue weighted by atomic mass is 10.1.